The van der Waals surface area contributed by atoms with E-state index in [2.05, 4.69) is 5.32 Å². The maximum Gasteiger partial charge on any atom is 0.256 e. The molecule has 0 radical (unpaired) electrons. The van der Waals surface area contributed by atoms with Gasteiger partial charge in [0.25, 0.3) is 5.91 Å². The Morgan fingerprint density at radius 1 is 1.19 bits per heavy atom. The molecule has 1 aliphatic carbocycles. The van der Waals surface area contributed by atoms with Crippen molar-refractivity contribution in [3.8, 4) is 0 Å². The molecule has 6 heteroatoms. The fraction of sp³-hybridized carbons (Fsp3) is 0.600. The minimum atomic E-state index is -0.432. The molecule has 2 aliphatic rings. The van der Waals surface area contributed by atoms with Crippen molar-refractivity contribution < 1.29 is 9.59 Å². The number of nitrogens with one attached hydrogen (secondary N) is 1. The van der Waals surface area contributed by atoms with Gasteiger partial charge in [-0.25, -0.2) is 0 Å². The van der Waals surface area contributed by atoms with Gasteiger partial charge in [0.15, 0.2) is 0 Å². The van der Waals surface area contributed by atoms with E-state index < -0.39 is 6.04 Å². The smallest absolute Gasteiger partial charge is 0.256 e. The van der Waals surface area contributed by atoms with E-state index in [1.807, 2.05) is 30.9 Å². The van der Waals surface area contributed by atoms with Crippen LogP contribution < -0.4 is 5.32 Å². The molecule has 26 heavy (non-hydrogen) atoms. The van der Waals surface area contributed by atoms with E-state index in [0.717, 1.165) is 12.8 Å². The predicted molar refractivity (Wildman–Crippen MR) is 108 cm³/mol. The molecule has 1 aliphatic heterocycles. The van der Waals surface area contributed by atoms with Crippen molar-refractivity contribution in [2.45, 2.75) is 63.4 Å². The summed E-state index contributed by atoms with van der Waals surface area (Å²) >= 11 is 8.04. The maximum atomic E-state index is 13.4. The Morgan fingerprint density at radius 3 is 2.54 bits per heavy atom. The minimum absolute atomic E-state index is 0.0542. The third-order valence-corrected chi connectivity index (χ3v) is 6.95. The molecule has 1 aromatic rings. The lowest BCUT2D eigenvalue weighted by atomic mass is 9.88. The van der Waals surface area contributed by atoms with Crippen LogP contribution in [0.5, 0.6) is 0 Å². The Hall–Kier alpha value is -1.20. The lowest BCUT2D eigenvalue weighted by Crippen LogP contribution is -2.52. The van der Waals surface area contributed by atoms with Crippen molar-refractivity contribution in [3.05, 3.63) is 34.9 Å². The second-order valence-electron chi connectivity index (χ2n) is 7.49. The number of amides is 2. The zero-order valence-electron chi connectivity index (χ0n) is 15.4. The number of carbonyl (C=O) groups excluding carboxylic acids is 2. The quantitative estimate of drug-likeness (QED) is 0.826. The highest BCUT2D eigenvalue weighted by molar-refractivity contribution is 8.00. The van der Waals surface area contributed by atoms with Crippen LogP contribution in [0.15, 0.2) is 24.3 Å². The van der Waals surface area contributed by atoms with E-state index in [0.29, 0.717) is 22.3 Å². The van der Waals surface area contributed by atoms with E-state index in [4.69, 9.17) is 11.6 Å². The number of hydrogen-bond donors (Lipinski definition) is 1. The normalized spacial score (nSPS) is 24.1. The highest BCUT2D eigenvalue weighted by Gasteiger charge is 2.45. The van der Waals surface area contributed by atoms with Crippen LogP contribution >= 0.6 is 23.4 Å². The van der Waals surface area contributed by atoms with Gasteiger partial charge in [-0.05, 0) is 44.7 Å². The average Bonchev–Trinajstić information content (AvgIpc) is 3.07. The molecular weight excluding hydrogens is 368 g/mol. The largest absolute Gasteiger partial charge is 0.352 e. The van der Waals surface area contributed by atoms with E-state index >= 15 is 0 Å². The van der Waals surface area contributed by atoms with Gasteiger partial charge in [0, 0.05) is 11.8 Å². The Kier molecular flexibility index (Phi) is 6.51. The Morgan fingerprint density at radius 2 is 1.88 bits per heavy atom. The van der Waals surface area contributed by atoms with E-state index in [1.165, 1.54) is 19.3 Å². The number of carbonyl (C=O) groups is 2. The molecule has 1 N–H and O–H groups in total. The molecule has 0 aromatic heterocycles. The molecule has 4 nitrogen and oxygen atoms in total. The van der Waals surface area contributed by atoms with E-state index in [1.54, 1.807) is 23.9 Å². The number of rotatable bonds is 4. The summed E-state index contributed by atoms with van der Waals surface area (Å²) in [5, 5.41) is 3.48. The molecule has 1 saturated carbocycles. The molecule has 1 saturated heterocycles. The van der Waals surface area contributed by atoms with E-state index in [-0.39, 0.29) is 23.2 Å². The van der Waals surface area contributed by atoms with Gasteiger partial charge in [-0.15, -0.1) is 11.8 Å². The number of thioether (sulfide) groups is 1. The second-order valence-corrected chi connectivity index (χ2v) is 9.05. The fourth-order valence-corrected chi connectivity index (χ4v) is 5.78. The molecule has 0 bridgehead atoms. The Labute approximate surface area is 165 Å². The summed E-state index contributed by atoms with van der Waals surface area (Å²) in [5.41, 5.74) is 0.486. The SMILES string of the molecule is CC(C)NC(=O)[C@H]1CS[C@H](C2CCCCC2)N1C(=O)c1ccccc1Cl. The van der Waals surface area contributed by atoms with Gasteiger partial charge in [-0.3, -0.25) is 9.59 Å². The number of hydrogen-bond acceptors (Lipinski definition) is 3. The monoisotopic (exact) mass is 394 g/mol. The van der Waals surface area contributed by atoms with Crippen LogP contribution in [0.4, 0.5) is 0 Å². The standard InChI is InChI=1S/C20H27ClN2O2S/c1-13(2)22-18(24)17-12-26-20(14-8-4-3-5-9-14)23(17)19(25)15-10-6-7-11-16(15)21/h6-7,10-11,13-14,17,20H,3-5,8-9,12H2,1-2H3,(H,22,24)/t17-,20-/m1/s1. The first kappa shape index (κ1) is 19.6. The highest BCUT2D eigenvalue weighted by atomic mass is 35.5. The van der Waals surface area contributed by atoms with Gasteiger partial charge in [-0.1, -0.05) is 43.0 Å². The summed E-state index contributed by atoms with van der Waals surface area (Å²) < 4.78 is 0. The van der Waals surface area contributed by atoms with Gasteiger partial charge < -0.3 is 10.2 Å². The number of nitrogens with zero attached hydrogens (tertiary/aromatic N) is 1. The first-order valence-electron chi connectivity index (χ1n) is 9.48. The second kappa shape index (κ2) is 8.66. The zero-order valence-corrected chi connectivity index (χ0v) is 17.0. The Balaban J connectivity index is 1.89. The average molecular weight is 395 g/mol. The summed E-state index contributed by atoms with van der Waals surface area (Å²) in [6.45, 7) is 3.89. The van der Waals surface area contributed by atoms with Gasteiger partial charge in [0.1, 0.15) is 6.04 Å². The topological polar surface area (TPSA) is 49.4 Å². The predicted octanol–water partition coefficient (Wildman–Crippen LogP) is 4.33. The molecule has 2 amide bonds. The molecule has 0 spiro atoms. The highest BCUT2D eigenvalue weighted by Crippen LogP contribution is 2.41. The van der Waals surface area contributed by atoms with Crippen molar-refractivity contribution in [1.82, 2.24) is 10.2 Å². The molecule has 142 valence electrons. The first-order valence-corrected chi connectivity index (χ1v) is 10.9. The van der Waals surface area contributed by atoms with Crippen LogP contribution in [-0.4, -0.2) is 39.9 Å². The number of halogens is 1. The van der Waals surface area contributed by atoms with E-state index in [9.17, 15) is 9.59 Å². The van der Waals surface area contributed by atoms with Crippen LogP contribution in [0.3, 0.4) is 0 Å². The third kappa shape index (κ3) is 4.20. The minimum Gasteiger partial charge on any atom is -0.352 e. The molecule has 1 heterocycles. The molecule has 2 fully saturated rings. The summed E-state index contributed by atoms with van der Waals surface area (Å²) in [4.78, 5) is 28.0. The van der Waals surface area contributed by atoms with Crippen LogP contribution in [0.2, 0.25) is 5.02 Å². The zero-order chi connectivity index (χ0) is 18.7. The van der Waals surface area contributed by atoms with Crippen molar-refractivity contribution in [2.75, 3.05) is 5.75 Å². The summed E-state index contributed by atoms with van der Waals surface area (Å²) in [6.07, 6.45) is 5.94. The molecule has 1 aromatic carbocycles. The lowest BCUT2D eigenvalue weighted by Gasteiger charge is -2.35. The molecule has 3 rings (SSSR count). The van der Waals surface area contributed by atoms with Gasteiger partial charge in [-0.2, -0.15) is 0 Å². The summed E-state index contributed by atoms with van der Waals surface area (Å²) in [7, 11) is 0. The summed E-state index contributed by atoms with van der Waals surface area (Å²) in [6, 6.07) is 6.75. The van der Waals surface area contributed by atoms with Crippen molar-refractivity contribution in [2.24, 2.45) is 5.92 Å². The van der Waals surface area contributed by atoms with Crippen LogP contribution in [-0.2, 0) is 4.79 Å². The van der Waals surface area contributed by atoms with Crippen LogP contribution in [0.1, 0.15) is 56.3 Å². The van der Waals surface area contributed by atoms with Crippen LogP contribution in [0.25, 0.3) is 0 Å². The maximum absolute atomic E-state index is 13.4. The Bertz CT molecular complexity index is 661. The third-order valence-electron chi connectivity index (χ3n) is 5.16. The van der Waals surface area contributed by atoms with Crippen LogP contribution in [0, 0.1) is 5.92 Å². The van der Waals surface area contributed by atoms with Crippen molar-refractivity contribution >= 4 is 35.2 Å². The molecule has 0 unspecified atom stereocenters. The number of benzene rings is 1. The molecular formula is C20H27ClN2O2S. The van der Waals surface area contributed by atoms with Gasteiger partial charge in [0.2, 0.25) is 5.91 Å². The molecule has 2 atom stereocenters. The van der Waals surface area contributed by atoms with Gasteiger partial charge >= 0.3 is 0 Å². The van der Waals surface area contributed by atoms with Gasteiger partial charge in [0.05, 0.1) is 16.0 Å². The fourth-order valence-electron chi connectivity index (χ4n) is 3.92. The van der Waals surface area contributed by atoms with Crippen molar-refractivity contribution in [1.29, 1.82) is 0 Å². The van der Waals surface area contributed by atoms with Crippen molar-refractivity contribution in [3.63, 3.8) is 0 Å². The lowest BCUT2D eigenvalue weighted by molar-refractivity contribution is -0.125. The summed E-state index contributed by atoms with van der Waals surface area (Å²) in [5.74, 6) is 0.916. The first-order chi connectivity index (χ1) is 12.5.